The van der Waals surface area contributed by atoms with Crippen molar-refractivity contribution in [1.29, 1.82) is 0 Å². The predicted octanol–water partition coefficient (Wildman–Crippen LogP) is 1.25. The fourth-order valence-corrected chi connectivity index (χ4v) is 3.03. The molecule has 1 unspecified atom stereocenters. The van der Waals surface area contributed by atoms with Crippen LogP contribution in [0, 0.1) is 0 Å². The molecule has 1 amide bonds. The lowest BCUT2D eigenvalue weighted by molar-refractivity contribution is -0.123. The van der Waals surface area contributed by atoms with Crippen LogP contribution in [0.1, 0.15) is 51.9 Å². The van der Waals surface area contributed by atoms with Crippen molar-refractivity contribution in [3.8, 4) is 0 Å². The second-order valence-electron chi connectivity index (χ2n) is 6.22. The third-order valence-electron chi connectivity index (χ3n) is 4.25. The summed E-state index contributed by atoms with van der Waals surface area (Å²) in [6.07, 6.45) is 7.62. The summed E-state index contributed by atoms with van der Waals surface area (Å²) in [6, 6.07) is 0.235. The average molecular weight is 253 g/mol. The molecule has 0 spiro atoms. The summed E-state index contributed by atoms with van der Waals surface area (Å²) in [6.45, 7) is 5.43. The number of carbonyl (C=O) groups is 1. The zero-order valence-corrected chi connectivity index (χ0v) is 11.6. The number of likely N-dealkylation sites (tertiary alicyclic amines) is 1. The largest absolute Gasteiger partial charge is 0.352 e. The lowest BCUT2D eigenvalue weighted by Gasteiger charge is -2.38. The minimum Gasteiger partial charge on any atom is -0.352 e. The number of carbonyl (C=O) groups excluding carboxylic acids is 1. The van der Waals surface area contributed by atoms with Gasteiger partial charge < -0.3 is 16.0 Å². The number of nitrogens with zero attached hydrogens (tertiary/aromatic N) is 1. The first-order valence-corrected chi connectivity index (χ1v) is 7.38. The van der Waals surface area contributed by atoms with E-state index in [-0.39, 0.29) is 17.5 Å². The van der Waals surface area contributed by atoms with Gasteiger partial charge >= 0.3 is 0 Å². The molecule has 2 rings (SSSR count). The first-order valence-electron chi connectivity index (χ1n) is 7.38. The van der Waals surface area contributed by atoms with Crippen LogP contribution in [0.5, 0.6) is 0 Å². The van der Waals surface area contributed by atoms with E-state index >= 15 is 0 Å². The zero-order valence-electron chi connectivity index (χ0n) is 11.6. The molecule has 4 nitrogen and oxygen atoms in total. The van der Waals surface area contributed by atoms with Crippen molar-refractivity contribution in [3.05, 3.63) is 0 Å². The van der Waals surface area contributed by atoms with E-state index < -0.39 is 0 Å². The molecular formula is C14H27N3O. The lowest BCUT2D eigenvalue weighted by atomic mass is 9.75. The highest BCUT2D eigenvalue weighted by atomic mass is 16.1. The van der Waals surface area contributed by atoms with Crippen LogP contribution < -0.4 is 11.1 Å². The Hall–Kier alpha value is -0.610. The van der Waals surface area contributed by atoms with Crippen molar-refractivity contribution in [3.63, 3.8) is 0 Å². The topological polar surface area (TPSA) is 58.4 Å². The van der Waals surface area contributed by atoms with Crippen molar-refractivity contribution in [2.24, 2.45) is 5.73 Å². The van der Waals surface area contributed by atoms with Gasteiger partial charge in [-0.2, -0.15) is 0 Å². The van der Waals surface area contributed by atoms with E-state index in [0.29, 0.717) is 6.42 Å². The molecule has 104 valence electrons. The van der Waals surface area contributed by atoms with E-state index in [9.17, 15) is 4.79 Å². The molecular weight excluding hydrogens is 226 g/mol. The van der Waals surface area contributed by atoms with Crippen LogP contribution in [-0.2, 0) is 4.79 Å². The van der Waals surface area contributed by atoms with Crippen molar-refractivity contribution >= 4 is 5.91 Å². The highest BCUT2D eigenvalue weighted by molar-refractivity contribution is 5.77. The molecule has 4 heteroatoms. The number of rotatable bonds is 5. The summed E-state index contributed by atoms with van der Waals surface area (Å²) in [5, 5.41) is 3.09. The first kappa shape index (κ1) is 13.8. The normalized spacial score (nSPS) is 25.2. The average Bonchev–Trinajstić information content (AvgIpc) is 2.27. The van der Waals surface area contributed by atoms with Gasteiger partial charge in [0.1, 0.15) is 0 Å². The summed E-state index contributed by atoms with van der Waals surface area (Å²) < 4.78 is 0. The monoisotopic (exact) mass is 253 g/mol. The van der Waals surface area contributed by atoms with Gasteiger partial charge in [0.25, 0.3) is 0 Å². The van der Waals surface area contributed by atoms with E-state index in [1.807, 2.05) is 0 Å². The van der Waals surface area contributed by atoms with E-state index in [4.69, 9.17) is 5.73 Å². The Morgan fingerprint density at radius 2 is 1.94 bits per heavy atom. The minimum atomic E-state index is -0.199. The standard InChI is InChI=1S/C14H27N3O/c1-12(11-17-8-3-2-4-9-17)16-13(18)10-14(15)6-5-7-14/h12H,2-11,15H2,1H3,(H,16,18). The molecule has 1 heterocycles. The molecule has 2 fully saturated rings. The van der Waals surface area contributed by atoms with Crippen molar-refractivity contribution in [2.45, 2.75) is 63.5 Å². The number of nitrogens with two attached hydrogens (primary N) is 1. The summed E-state index contributed by atoms with van der Waals surface area (Å²) in [5.74, 6) is 0.127. The SMILES string of the molecule is CC(CN1CCCCC1)NC(=O)CC1(N)CCC1. The highest BCUT2D eigenvalue weighted by Gasteiger charge is 2.34. The summed E-state index contributed by atoms with van der Waals surface area (Å²) in [5.41, 5.74) is 5.89. The van der Waals surface area contributed by atoms with Crippen LogP contribution in [0.25, 0.3) is 0 Å². The second-order valence-corrected chi connectivity index (χ2v) is 6.22. The molecule has 1 atom stereocenters. The van der Waals surface area contributed by atoms with E-state index in [2.05, 4.69) is 17.1 Å². The molecule has 2 aliphatic rings. The Labute approximate surface area is 110 Å². The smallest absolute Gasteiger partial charge is 0.222 e. The molecule has 3 N–H and O–H groups in total. The summed E-state index contributed by atoms with van der Waals surface area (Å²) in [7, 11) is 0. The Morgan fingerprint density at radius 3 is 2.50 bits per heavy atom. The van der Waals surface area contributed by atoms with Crippen LogP contribution in [0.4, 0.5) is 0 Å². The summed E-state index contributed by atoms with van der Waals surface area (Å²) in [4.78, 5) is 14.3. The molecule has 0 bridgehead atoms. The number of hydrogen-bond acceptors (Lipinski definition) is 3. The lowest BCUT2D eigenvalue weighted by Crippen LogP contribution is -2.52. The van der Waals surface area contributed by atoms with Gasteiger partial charge in [-0.3, -0.25) is 4.79 Å². The number of hydrogen-bond donors (Lipinski definition) is 2. The van der Waals surface area contributed by atoms with Crippen molar-refractivity contribution in [2.75, 3.05) is 19.6 Å². The third-order valence-corrected chi connectivity index (χ3v) is 4.25. The van der Waals surface area contributed by atoms with Crippen LogP contribution in [0.15, 0.2) is 0 Å². The summed E-state index contributed by atoms with van der Waals surface area (Å²) >= 11 is 0. The fraction of sp³-hybridized carbons (Fsp3) is 0.929. The Kier molecular flexibility index (Phi) is 4.62. The molecule has 0 aromatic rings. The van der Waals surface area contributed by atoms with E-state index in [1.165, 1.54) is 38.8 Å². The van der Waals surface area contributed by atoms with Gasteiger partial charge in [0.2, 0.25) is 5.91 Å². The predicted molar refractivity (Wildman–Crippen MR) is 73.3 cm³/mol. The van der Waals surface area contributed by atoms with Gasteiger partial charge in [-0.05, 0) is 52.1 Å². The van der Waals surface area contributed by atoms with Crippen LogP contribution in [0.2, 0.25) is 0 Å². The van der Waals surface area contributed by atoms with E-state index in [0.717, 1.165) is 19.4 Å². The zero-order chi connectivity index (χ0) is 13.0. The molecule has 18 heavy (non-hydrogen) atoms. The van der Waals surface area contributed by atoms with Gasteiger partial charge in [-0.25, -0.2) is 0 Å². The van der Waals surface area contributed by atoms with Gasteiger partial charge in [0.05, 0.1) is 0 Å². The Balaban J connectivity index is 1.66. The second kappa shape index (κ2) is 6.02. The number of piperidine rings is 1. The minimum absolute atomic E-state index is 0.127. The first-order chi connectivity index (χ1) is 8.57. The molecule has 0 aromatic heterocycles. The van der Waals surface area contributed by atoms with Gasteiger partial charge in [-0.15, -0.1) is 0 Å². The van der Waals surface area contributed by atoms with Crippen molar-refractivity contribution < 1.29 is 4.79 Å². The van der Waals surface area contributed by atoms with Crippen LogP contribution in [0.3, 0.4) is 0 Å². The Bertz CT molecular complexity index is 283. The molecule has 1 saturated carbocycles. The number of nitrogens with one attached hydrogen (secondary N) is 1. The van der Waals surface area contributed by atoms with Gasteiger partial charge in [0, 0.05) is 24.5 Å². The van der Waals surface area contributed by atoms with E-state index in [1.54, 1.807) is 0 Å². The number of amides is 1. The van der Waals surface area contributed by atoms with Crippen molar-refractivity contribution in [1.82, 2.24) is 10.2 Å². The van der Waals surface area contributed by atoms with Crippen LogP contribution in [-0.4, -0.2) is 42.0 Å². The third kappa shape index (κ3) is 3.95. The molecule has 0 radical (unpaired) electrons. The Morgan fingerprint density at radius 1 is 1.28 bits per heavy atom. The van der Waals surface area contributed by atoms with Gasteiger partial charge in [0.15, 0.2) is 0 Å². The van der Waals surface area contributed by atoms with Gasteiger partial charge in [-0.1, -0.05) is 6.42 Å². The quantitative estimate of drug-likeness (QED) is 0.775. The maximum atomic E-state index is 11.9. The molecule has 0 aromatic carbocycles. The maximum absolute atomic E-state index is 11.9. The molecule has 1 saturated heterocycles. The maximum Gasteiger partial charge on any atom is 0.222 e. The van der Waals surface area contributed by atoms with Crippen LogP contribution >= 0.6 is 0 Å². The fourth-order valence-electron chi connectivity index (χ4n) is 3.03. The molecule has 1 aliphatic carbocycles. The highest BCUT2D eigenvalue weighted by Crippen LogP contribution is 2.31. The molecule has 1 aliphatic heterocycles.